The highest BCUT2D eigenvalue weighted by Crippen LogP contribution is 2.39. The lowest BCUT2D eigenvalue weighted by Gasteiger charge is -2.08. The first-order valence-corrected chi connectivity index (χ1v) is 10.7. The van der Waals surface area contributed by atoms with E-state index in [0.29, 0.717) is 20.5 Å². The van der Waals surface area contributed by atoms with Gasteiger partial charge in [-0.1, -0.05) is 42.6 Å². The van der Waals surface area contributed by atoms with Crippen LogP contribution in [0.1, 0.15) is 51.4 Å². The molecule has 6 heteroatoms. The van der Waals surface area contributed by atoms with E-state index < -0.39 is 0 Å². The predicted molar refractivity (Wildman–Crippen MR) is 110 cm³/mol. The molecule has 1 amide bonds. The van der Waals surface area contributed by atoms with Crippen molar-refractivity contribution in [3.05, 3.63) is 50.2 Å². The molecule has 1 N–H and O–H groups in total. The van der Waals surface area contributed by atoms with Gasteiger partial charge in [0.05, 0.1) is 10.6 Å². The maximum absolute atomic E-state index is 12.8. The first-order chi connectivity index (χ1) is 12.7. The van der Waals surface area contributed by atoms with Crippen LogP contribution in [-0.2, 0) is 12.8 Å². The monoisotopic (exact) mass is 400 g/mol. The Morgan fingerprint density at radius 3 is 2.65 bits per heavy atom. The molecule has 1 aliphatic carbocycles. The average Bonchev–Trinajstić information content (AvgIpc) is 3.12. The SMILES string of the molecule is N#Cc1c(NC(=O)c2sc3ccccc3c2Cl)sc2c1CCCCCC2. The van der Waals surface area contributed by atoms with Crippen molar-refractivity contribution in [2.24, 2.45) is 0 Å². The molecular weight excluding hydrogens is 384 g/mol. The predicted octanol–water partition coefficient (Wildman–Crippen LogP) is 6.40. The van der Waals surface area contributed by atoms with Crippen LogP contribution in [0.15, 0.2) is 24.3 Å². The van der Waals surface area contributed by atoms with Crippen molar-refractivity contribution < 1.29 is 4.79 Å². The maximum atomic E-state index is 12.8. The molecule has 0 atom stereocenters. The molecule has 0 saturated heterocycles. The topological polar surface area (TPSA) is 52.9 Å². The van der Waals surface area contributed by atoms with Crippen LogP contribution in [0.25, 0.3) is 10.1 Å². The number of rotatable bonds is 2. The number of fused-ring (bicyclic) bond motifs is 2. The third-order valence-electron chi connectivity index (χ3n) is 4.75. The second-order valence-corrected chi connectivity index (χ2v) is 8.96. The number of nitrogens with one attached hydrogen (secondary N) is 1. The zero-order valence-electron chi connectivity index (χ0n) is 14.1. The van der Waals surface area contributed by atoms with Crippen molar-refractivity contribution in [3.63, 3.8) is 0 Å². The molecule has 3 aromatic rings. The van der Waals surface area contributed by atoms with Crippen LogP contribution >= 0.6 is 34.3 Å². The Labute approximate surface area is 165 Å². The Hall–Kier alpha value is -1.87. The van der Waals surface area contributed by atoms with E-state index in [1.807, 2.05) is 24.3 Å². The standard InChI is InChI=1S/C20H17ClN2OS2/c21-17-13-8-5-6-10-16(13)25-18(17)19(24)23-20-14(11-22)12-7-3-1-2-4-9-15(12)26-20/h5-6,8,10H,1-4,7,9H2,(H,23,24). The van der Waals surface area contributed by atoms with Crippen molar-refractivity contribution in [2.75, 3.05) is 5.32 Å². The molecule has 2 aromatic heterocycles. The summed E-state index contributed by atoms with van der Waals surface area (Å²) >= 11 is 9.36. The number of halogens is 1. The van der Waals surface area contributed by atoms with Gasteiger partial charge in [0, 0.05) is 15.0 Å². The molecule has 132 valence electrons. The summed E-state index contributed by atoms with van der Waals surface area (Å²) in [5.74, 6) is -0.234. The molecule has 0 aliphatic heterocycles. The van der Waals surface area contributed by atoms with E-state index >= 15 is 0 Å². The van der Waals surface area contributed by atoms with Crippen molar-refractivity contribution in [1.82, 2.24) is 0 Å². The molecule has 1 aliphatic rings. The normalized spacial score (nSPS) is 14.3. The lowest BCUT2D eigenvalue weighted by molar-refractivity contribution is 0.103. The fourth-order valence-electron chi connectivity index (χ4n) is 3.45. The molecule has 3 nitrogen and oxygen atoms in total. The van der Waals surface area contributed by atoms with Gasteiger partial charge in [-0.3, -0.25) is 4.79 Å². The van der Waals surface area contributed by atoms with Gasteiger partial charge >= 0.3 is 0 Å². The molecule has 2 heterocycles. The molecule has 0 fully saturated rings. The number of carbonyl (C=O) groups excluding carboxylic acids is 1. The molecule has 0 unspecified atom stereocenters. The Bertz CT molecular complexity index is 1030. The van der Waals surface area contributed by atoms with Crippen molar-refractivity contribution in [2.45, 2.75) is 38.5 Å². The minimum atomic E-state index is -0.234. The van der Waals surface area contributed by atoms with E-state index in [1.165, 1.54) is 29.1 Å². The summed E-state index contributed by atoms with van der Waals surface area (Å²) in [4.78, 5) is 14.6. The quantitative estimate of drug-likeness (QED) is 0.541. The van der Waals surface area contributed by atoms with Crippen LogP contribution in [-0.4, -0.2) is 5.91 Å². The van der Waals surface area contributed by atoms with Crippen LogP contribution in [0.2, 0.25) is 5.02 Å². The molecule has 0 bridgehead atoms. The van der Waals surface area contributed by atoms with Crippen LogP contribution in [0.3, 0.4) is 0 Å². The van der Waals surface area contributed by atoms with E-state index in [-0.39, 0.29) is 5.91 Å². The van der Waals surface area contributed by atoms with Crippen molar-refractivity contribution in [1.29, 1.82) is 5.26 Å². The maximum Gasteiger partial charge on any atom is 0.267 e. The second kappa shape index (κ2) is 7.40. The molecular formula is C20H17ClN2OS2. The van der Waals surface area contributed by atoms with Gasteiger partial charge in [-0.05, 0) is 37.3 Å². The van der Waals surface area contributed by atoms with E-state index in [9.17, 15) is 10.1 Å². The number of thiophene rings is 2. The zero-order valence-corrected chi connectivity index (χ0v) is 16.5. The van der Waals surface area contributed by atoms with Crippen LogP contribution in [0, 0.1) is 11.3 Å². The highest BCUT2D eigenvalue weighted by atomic mass is 35.5. The van der Waals surface area contributed by atoms with Crippen molar-refractivity contribution >= 4 is 55.3 Å². The lowest BCUT2D eigenvalue weighted by atomic mass is 9.97. The smallest absolute Gasteiger partial charge is 0.267 e. The second-order valence-electron chi connectivity index (χ2n) is 6.43. The zero-order chi connectivity index (χ0) is 18.1. The summed E-state index contributed by atoms with van der Waals surface area (Å²) in [5, 5.41) is 14.7. The number of nitrogens with zero attached hydrogens (tertiary/aromatic N) is 1. The fraction of sp³-hybridized carbons (Fsp3) is 0.300. The summed E-state index contributed by atoms with van der Waals surface area (Å²) < 4.78 is 0.988. The summed E-state index contributed by atoms with van der Waals surface area (Å²) in [6.45, 7) is 0. The minimum Gasteiger partial charge on any atom is -0.312 e. The minimum absolute atomic E-state index is 0.234. The summed E-state index contributed by atoms with van der Waals surface area (Å²) in [7, 11) is 0. The number of benzene rings is 1. The number of amides is 1. The lowest BCUT2D eigenvalue weighted by Crippen LogP contribution is -2.10. The number of hydrogen-bond acceptors (Lipinski definition) is 4. The van der Waals surface area contributed by atoms with Crippen LogP contribution in [0.5, 0.6) is 0 Å². The molecule has 1 aromatic carbocycles. The first kappa shape index (κ1) is 17.5. The Kier molecular flexibility index (Phi) is 4.99. The number of aryl methyl sites for hydroxylation is 1. The summed E-state index contributed by atoms with van der Waals surface area (Å²) in [5.41, 5.74) is 1.77. The molecule has 4 rings (SSSR count). The van der Waals surface area contributed by atoms with Crippen LogP contribution in [0.4, 0.5) is 5.00 Å². The molecule has 0 radical (unpaired) electrons. The van der Waals surface area contributed by atoms with Crippen molar-refractivity contribution in [3.8, 4) is 6.07 Å². The van der Waals surface area contributed by atoms with Gasteiger partial charge in [-0.15, -0.1) is 22.7 Å². The summed E-state index contributed by atoms with van der Waals surface area (Å²) in [6, 6.07) is 10.0. The third kappa shape index (κ3) is 3.14. The van der Waals surface area contributed by atoms with E-state index in [0.717, 1.165) is 41.3 Å². The van der Waals surface area contributed by atoms with Crippen LogP contribution < -0.4 is 5.32 Å². The number of carbonyl (C=O) groups is 1. The third-order valence-corrected chi connectivity index (χ3v) is 7.63. The Morgan fingerprint density at radius 2 is 1.88 bits per heavy atom. The van der Waals surface area contributed by atoms with E-state index in [4.69, 9.17) is 11.6 Å². The van der Waals surface area contributed by atoms with E-state index in [2.05, 4.69) is 11.4 Å². The molecule has 26 heavy (non-hydrogen) atoms. The van der Waals surface area contributed by atoms with Gasteiger partial charge in [0.15, 0.2) is 0 Å². The van der Waals surface area contributed by atoms with Gasteiger partial charge < -0.3 is 5.32 Å². The molecule has 0 saturated carbocycles. The van der Waals surface area contributed by atoms with Gasteiger partial charge in [-0.25, -0.2) is 0 Å². The van der Waals surface area contributed by atoms with Gasteiger partial charge in [0.1, 0.15) is 15.9 Å². The highest BCUT2D eigenvalue weighted by Gasteiger charge is 2.23. The average molecular weight is 401 g/mol. The molecule has 0 spiro atoms. The fourth-order valence-corrected chi connectivity index (χ4v) is 6.09. The van der Waals surface area contributed by atoms with E-state index in [1.54, 1.807) is 11.3 Å². The largest absolute Gasteiger partial charge is 0.312 e. The Balaban J connectivity index is 1.68. The Morgan fingerprint density at radius 1 is 1.12 bits per heavy atom. The number of anilines is 1. The first-order valence-electron chi connectivity index (χ1n) is 8.72. The van der Waals surface area contributed by atoms with Gasteiger partial charge in [0.2, 0.25) is 0 Å². The summed E-state index contributed by atoms with van der Waals surface area (Å²) in [6.07, 6.45) is 6.61. The van der Waals surface area contributed by atoms with Gasteiger partial charge in [-0.2, -0.15) is 5.26 Å². The number of nitriles is 1. The number of hydrogen-bond donors (Lipinski definition) is 1. The highest BCUT2D eigenvalue weighted by molar-refractivity contribution is 7.22. The van der Waals surface area contributed by atoms with Gasteiger partial charge in [0.25, 0.3) is 5.91 Å².